The highest BCUT2D eigenvalue weighted by atomic mass is 16.3. The van der Waals surface area contributed by atoms with Crippen molar-refractivity contribution < 1.29 is 9.21 Å². The Morgan fingerprint density at radius 2 is 2.09 bits per heavy atom. The van der Waals surface area contributed by atoms with Crippen LogP contribution in [0.3, 0.4) is 0 Å². The van der Waals surface area contributed by atoms with E-state index in [0.29, 0.717) is 0 Å². The van der Waals surface area contributed by atoms with E-state index in [-0.39, 0.29) is 23.1 Å². The summed E-state index contributed by atoms with van der Waals surface area (Å²) < 4.78 is 6.36. The van der Waals surface area contributed by atoms with Crippen LogP contribution in [0.2, 0.25) is 0 Å². The molecule has 3 aromatic rings. The van der Waals surface area contributed by atoms with Gasteiger partial charge in [0.1, 0.15) is 11.6 Å². The van der Waals surface area contributed by atoms with Crippen LogP contribution < -0.4 is 5.32 Å². The molecule has 0 atom stereocenters. The third-order valence-corrected chi connectivity index (χ3v) is 3.03. The lowest BCUT2D eigenvalue weighted by Gasteiger charge is -2.08. The monoisotopic (exact) mass is 308 g/mol. The molecule has 0 aliphatic heterocycles. The Morgan fingerprint density at radius 3 is 2.70 bits per heavy atom. The van der Waals surface area contributed by atoms with Crippen LogP contribution in [0.4, 0.5) is 5.82 Å². The summed E-state index contributed by atoms with van der Waals surface area (Å²) in [5.74, 6) is 0.109. The van der Waals surface area contributed by atoms with E-state index in [4.69, 9.17) is 4.42 Å². The van der Waals surface area contributed by atoms with Crippen molar-refractivity contribution in [3.8, 4) is 12.0 Å². The highest BCUT2D eigenvalue weighted by Crippen LogP contribution is 2.19. The van der Waals surface area contributed by atoms with Crippen LogP contribution in [0.25, 0.3) is 5.95 Å². The van der Waals surface area contributed by atoms with Gasteiger partial charge in [0, 0.05) is 11.4 Å². The van der Waals surface area contributed by atoms with Crippen LogP contribution in [0.15, 0.2) is 35.1 Å². The van der Waals surface area contributed by atoms with Crippen molar-refractivity contribution >= 4 is 11.7 Å². The summed E-state index contributed by atoms with van der Waals surface area (Å²) in [6.07, 6.45) is 2.74. The second-order valence-corrected chi connectivity index (χ2v) is 4.81. The Labute approximate surface area is 131 Å². The molecule has 0 radical (unpaired) electrons. The number of nitrogens with one attached hydrogen (secondary N) is 1. The fraction of sp³-hybridized carbons (Fsp3) is 0.133. The number of carbonyl (C=O) groups excluding carboxylic acids is 1. The number of aromatic nitrogens is 4. The zero-order chi connectivity index (χ0) is 16.4. The molecule has 114 valence electrons. The first kappa shape index (κ1) is 14.5. The summed E-state index contributed by atoms with van der Waals surface area (Å²) in [6.45, 7) is 3.65. The predicted octanol–water partition coefficient (Wildman–Crippen LogP) is 2.00. The lowest BCUT2D eigenvalue weighted by molar-refractivity contribution is 0.0996. The van der Waals surface area contributed by atoms with Crippen molar-refractivity contribution in [3.63, 3.8) is 0 Å². The first-order chi connectivity index (χ1) is 11.1. The standard InChI is InChI=1S/C15H12N6O2/c1-9-6-10(2)19-15(18-9)21-13(11(7-16)8-17-21)20-14(22)12-4-3-5-23-12/h3-6,8H,1-2H3,(H,20,22). The molecule has 0 saturated heterocycles. The lowest BCUT2D eigenvalue weighted by atomic mass is 10.3. The van der Waals surface area contributed by atoms with Gasteiger partial charge in [0.05, 0.1) is 12.5 Å². The molecule has 3 rings (SSSR count). The Kier molecular flexibility index (Phi) is 3.60. The smallest absolute Gasteiger partial charge is 0.292 e. The summed E-state index contributed by atoms with van der Waals surface area (Å²) in [5, 5.41) is 15.9. The molecule has 0 aliphatic rings. The number of rotatable bonds is 3. The van der Waals surface area contributed by atoms with Gasteiger partial charge in [-0.2, -0.15) is 15.0 Å². The van der Waals surface area contributed by atoms with E-state index < -0.39 is 5.91 Å². The molecule has 0 fully saturated rings. The molecule has 3 aromatic heterocycles. The SMILES string of the molecule is Cc1cc(C)nc(-n2ncc(C#N)c2NC(=O)c2ccco2)n1. The van der Waals surface area contributed by atoms with Crippen molar-refractivity contribution in [1.29, 1.82) is 5.26 Å². The van der Waals surface area contributed by atoms with E-state index in [0.717, 1.165) is 11.4 Å². The fourth-order valence-electron chi connectivity index (χ4n) is 2.08. The molecule has 0 aliphatic carbocycles. The van der Waals surface area contributed by atoms with E-state index in [2.05, 4.69) is 20.4 Å². The van der Waals surface area contributed by atoms with Gasteiger partial charge >= 0.3 is 0 Å². The van der Waals surface area contributed by atoms with Gasteiger partial charge in [0.2, 0.25) is 0 Å². The third kappa shape index (κ3) is 2.80. The highest BCUT2D eigenvalue weighted by Gasteiger charge is 2.19. The minimum Gasteiger partial charge on any atom is -0.459 e. The molecular formula is C15H12N6O2. The van der Waals surface area contributed by atoms with Gasteiger partial charge in [0.15, 0.2) is 11.6 Å². The van der Waals surface area contributed by atoms with Crippen molar-refractivity contribution in [3.05, 3.63) is 53.4 Å². The van der Waals surface area contributed by atoms with Crippen LogP contribution in [0, 0.1) is 25.2 Å². The van der Waals surface area contributed by atoms with E-state index in [9.17, 15) is 10.1 Å². The van der Waals surface area contributed by atoms with Crippen LogP contribution >= 0.6 is 0 Å². The quantitative estimate of drug-likeness (QED) is 0.792. The number of nitrogens with zero attached hydrogens (tertiary/aromatic N) is 5. The maximum Gasteiger partial charge on any atom is 0.292 e. The first-order valence-electron chi connectivity index (χ1n) is 6.74. The van der Waals surface area contributed by atoms with E-state index in [1.807, 2.05) is 26.0 Å². The second kappa shape index (κ2) is 5.73. The Morgan fingerprint density at radius 1 is 1.35 bits per heavy atom. The minimum atomic E-state index is -0.488. The Balaban J connectivity index is 2.04. The van der Waals surface area contributed by atoms with Gasteiger partial charge in [-0.15, -0.1) is 0 Å². The number of furan rings is 1. The van der Waals surface area contributed by atoms with Crippen molar-refractivity contribution in [2.45, 2.75) is 13.8 Å². The molecule has 23 heavy (non-hydrogen) atoms. The number of nitriles is 1. The largest absolute Gasteiger partial charge is 0.459 e. The molecule has 0 spiro atoms. The zero-order valence-electron chi connectivity index (χ0n) is 12.4. The number of hydrogen-bond donors (Lipinski definition) is 1. The van der Waals surface area contributed by atoms with Crippen molar-refractivity contribution in [2.24, 2.45) is 0 Å². The summed E-state index contributed by atoms with van der Waals surface area (Å²) in [6, 6.07) is 6.92. The summed E-state index contributed by atoms with van der Waals surface area (Å²) in [5.41, 5.74) is 1.71. The normalized spacial score (nSPS) is 10.3. The molecule has 3 heterocycles. The van der Waals surface area contributed by atoms with Gasteiger partial charge in [-0.05, 0) is 32.0 Å². The molecule has 8 nitrogen and oxygen atoms in total. The van der Waals surface area contributed by atoms with E-state index in [1.165, 1.54) is 23.2 Å². The highest BCUT2D eigenvalue weighted by molar-refractivity contribution is 6.02. The molecule has 0 aromatic carbocycles. The first-order valence-corrected chi connectivity index (χ1v) is 6.74. The zero-order valence-corrected chi connectivity index (χ0v) is 12.4. The maximum atomic E-state index is 12.2. The minimum absolute atomic E-state index is 0.128. The average Bonchev–Trinajstić information content (AvgIpc) is 3.15. The number of hydrogen-bond acceptors (Lipinski definition) is 6. The Bertz CT molecular complexity index is 884. The van der Waals surface area contributed by atoms with Crippen LogP contribution in [-0.4, -0.2) is 25.7 Å². The van der Waals surface area contributed by atoms with Crippen molar-refractivity contribution in [2.75, 3.05) is 5.32 Å². The van der Waals surface area contributed by atoms with Crippen LogP contribution in [0.5, 0.6) is 0 Å². The van der Waals surface area contributed by atoms with E-state index >= 15 is 0 Å². The van der Waals surface area contributed by atoms with Crippen LogP contribution in [-0.2, 0) is 0 Å². The molecular weight excluding hydrogens is 296 g/mol. The number of aryl methyl sites for hydroxylation is 2. The second-order valence-electron chi connectivity index (χ2n) is 4.81. The lowest BCUT2D eigenvalue weighted by Crippen LogP contribution is -2.16. The van der Waals surface area contributed by atoms with Gasteiger partial charge in [0.25, 0.3) is 11.9 Å². The van der Waals surface area contributed by atoms with Gasteiger partial charge in [-0.3, -0.25) is 4.79 Å². The third-order valence-electron chi connectivity index (χ3n) is 3.03. The Hall–Kier alpha value is -3.47. The maximum absolute atomic E-state index is 12.2. The molecule has 8 heteroatoms. The summed E-state index contributed by atoms with van der Waals surface area (Å²) in [4.78, 5) is 20.7. The molecule has 1 amide bonds. The van der Waals surface area contributed by atoms with Gasteiger partial charge < -0.3 is 9.73 Å². The molecule has 0 saturated carbocycles. The topological polar surface area (TPSA) is 110 Å². The predicted molar refractivity (Wildman–Crippen MR) is 80.0 cm³/mol. The summed E-state index contributed by atoms with van der Waals surface area (Å²) >= 11 is 0. The van der Waals surface area contributed by atoms with Gasteiger partial charge in [-0.1, -0.05) is 0 Å². The number of amides is 1. The van der Waals surface area contributed by atoms with E-state index in [1.54, 1.807) is 6.07 Å². The number of carbonyl (C=O) groups is 1. The van der Waals surface area contributed by atoms with Crippen molar-refractivity contribution in [1.82, 2.24) is 19.7 Å². The van der Waals surface area contributed by atoms with Gasteiger partial charge in [-0.25, -0.2) is 9.97 Å². The molecule has 0 unspecified atom stereocenters. The summed E-state index contributed by atoms with van der Waals surface area (Å²) in [7, 11) is 0. The number of anilines is 1. The molecule has 1 N–H and O–H groups in total. The average molecular weight is 308 g/mol. The molecule has 0 bridgehead atoms. The van der Waals surface area contributed by atoms with Crippen LogP contribution in [0.1, 0.15) is 27.5 Å². The fourth-order valence-corrected chi connectivity index (χ4v) is 2.08.